The van der Waals surface area contributed by atoms with E-state index in [1.54, 1.807) is 4.68 Å². The van der Waals surface area contributed by atoms with Crippen molar-refractivity contribution in [2.45, 2.75) is 63.1 Å². The number of carbonyl (C=O) groups is 1. The second-order valence-corrected chi connectivity index (χ2v) is 9.22. The molecule has 2 fully saturated rings. The molecular weight excluding hydrogens is 476 g/mol. The largest absolute Gasteiger partial charge is 0.329 e. The first-order valence-corrected chi connectivity index (χ1v) is 12.5. The van der Waals surface area contributed by atoms with Gasteiger partial charge in [0.05, 0.1) is 12.2 Å². The third-order valence-corrected chi connectivity index (χ3v) is 6.92. The fourth-order valence-electron chi connectivity index (χ4n) is 5.13. The molecule has 4 aliphatic rings. The number of allylic oxidation sites excluding steroid dienone is 8. The summed E-state index contributed by atoms with van der Waals surface area (Å²) in [5.74, 6) is 0.173. The molecule has 0 spiro atoms. The number of hydrogen-bond acceptors (Lipinski definition) is 3. The minimum absolute atomic E-state index is 0. The second-order valence-electron chi connectivity index (χ2n) is 9.22. The molecule has 1 aromatic heterocycles. The van der Waals surface area contributed by atoms with Crippen LogP contribution in [0.15, 0.2) is 85.1 Å². The van der Waals surface area contributed by atoms with Crippen LogP contribution in [0.3, 0.4) is 0 Å². The van der Waals surface area contributed by atoms with Crippen LogP contribution in [0.2, 0.25) is 0 Å². The molecule has 2 heterocycles. The predicted octanol–water partition coefficient (Wildman–Crippen LogP) is 5.92. The summed E-state index contributed by atoms with van der Waals surface area (Å²) in [6, 6.07) is 10.3. The fraction of sp³-hybridized carbons (Fsp3) is 0.345. The number of nitrogens with zero attached hydrogens (tertiary/aromatic N) is 4. The second kappa shape index (κ2) is 12.1. The summed E-state index contributed by atoms with van der Waals surface area (Å²) in [5.41, 5.74) is 3.08. The molecule has 2 aromatic rings. The zero-order chi connectivity index (χ0) is 23.2. The van der Waals surface area contributed by atoms with E-state index in [-0.39, 0.29) is 35.1 Å². The maximum absolute atomic E-state index is 13.2. The molecule has 1 saturated carbocycles. The Balaban J connectivity index is 0.000000431. The van der Waals surface area contributed by atoms with Gasteiger partial charge in [-0.05, 0) is 36.8 Å². The molecule has 2 atom stereocenters. The summed E-state index contributed by atoms with van der Waals surface area (Å²) in [4.78, 5) is 15.3. The number of β-lactam (4-membered cyclic amide) rings is 1. The van der Waals surface area contributed by atoms with Crippen molar-refractivity contribution in [3.05, 3.63) is 96.4 Å². The van der Waals surface area contributed by atoms with Crippen LogP contribution in [0.25, 0.3) is 11.6 Å². The van der Waals surface area contributed by atoms with Crippen molar-refractivity contribution in [2.75, 3.05) is 0 Å². The first-order valence-electron chi connectivity index (χ1n) is 12.5. The summed E-state index contributed by atoms with van der Waals surface area (Å²) in [6.07, 6.45) is 28.9. The average Bonchev–Trinajstić information content (AvgIpc) is 3.67. The summed E-state index contributed by atoms with van der Waals surface area (Å²) < 4.78 is 1.77. The molecule has 6 rings (SSSR count). The normalized spacial score (nSPS) is 23.1. The molecule has 1 saturated heterocycles. The first-order chi connectivity index (χ1) is 16.8. The van der Waals surface area contributed by atoms with E-state index in [0.717, 1.165) is 42.5 Å². The summed E-state index contributed by atoms with van der Waals surface area (Å²) >= 11 is 0. The van der Waals surface area contributed by atoms with E-state index in [1.165, 1.54) is 19.3 Å². The number of benzene rings is 1. The van der Waals surface area contributed by atoms with Gasteiger partial charge in [0, 0.05) is 23.1 Å². The molecule has 6 heteroatoms. The van der Waals surface area contributed by atoms with Gasteiger partial charge in [0.1, 0.15) is 5.69 Å². The van der Waals surface area contributed by atoms with Crippen molar-refractivity contribution >= 4 is 17.6 Å². The van der Waals surface area contributed by atoms with Crippen LogP contribution in [0.1, 0.15) is 62.2 Å². The number of hydrogen-bond donors (Lipinski definition) is 0. The number of carbonyl (C=O) groups excluding carboxylic acids is 1. The summed E-state index contributed by atoms with van der Waals surface area (Å²) in [6.45, 7) is 0. The van der Waals surface area contributed by atoms with E-state index in [0.29, 0.717) is 6.04 Å². The van der Waals surface area contributed by atoms with Crippen LogP contribution in [0.5, 0.6) is 0 Å². The molecule has 5 nitrogen and oxygen atoms in total. The molecule has 0 bridgehead atoms. The van der Waals surface area contributed by atoms with E-state index in [9.17, 15) is 4.79 Å². The minimum atomic E-state index is -0.302. The van der Waals surface area contributed by atoms with Gasteiger partial charge in [-0.3, -0.25) is 4.79 Å². The van der Waals surface area contributed by atoms with Crippen molar-refractivity contribution in [2.24, 2.45) is 0 Å². The topological polar surface area (TPSA) is 51.0 Å². The molecule has 1 unspecified atom stereocenters. The quantitative estimate of drug-likeness (QED) is 0.372. The maximum Gasteiger partial charge on any atom is 0.250 e. The molecule has 1 aliphatic heterocycles. The fourth-order valence-corrected chi connectivity index (χ4v) is 5.13. The van der Waals surface area contributed by atoms with Crippen molar-refractivity contribution < 1.29 is 21.9 Å². The Morgan fingerprint density at radius 2 is 1.71 bits per heavy atom. The zero-order valence-electron chi connectivity index (χ0n) is 19.9. The molecule has 0 radical (unpaired) electrons. The zero-order valence-corrected chi connectivity index (χ0v) is 21.0. The molecule has 1 amide bonds. The Hall–Kier alpha value is -2.95. The maximum atomic E-state index is 13.2. The molecule has 3 aliphatic carbocycles. The third-order valence-electron chi connectivity index (χ3n) is 6.92. The van der Waals surface area contributed by atoms with Crippen molar-refractivity contribution in [1.82, 2.24) is 19.9 Å². The van der Waals surface area contributed by atoms with Gasteiger partial charge >= 0.3 is 0 Å². The van der Waals surface area contributed by atoms with Crippen molar-refractivity contribution in [3.63, 3.8) is 0 Å². The standard InChI is InChI=1S/C24H26N4O.C5H6.Fe/c29-24-23(27-17-21(25-26-27)19-11-7-8-12-19)22(16-15-18-9-3-1-4-10-18)28(24)20-13-5-2-6-14-20;1-2-4-5-3-1;/h1,3-4,7,9-12,15-17,20,22-23H,2,5-6,8,13-14H2;1-4H,5H2;/b16-15+;;/t22-,23?;;/m1../s1. The predicted molar refractivity (Wildman–Crippen MR) is 137 cm³/mol. The van der Waals surface area contributed by atoms with Gasteiger partial charge in [-0.1, -0.05) is 109 Å². The number of likely N-dealkylation sites (tertiary alicyclic amines) is 1. The number of amides is 1. The van der Waals surface area contributed by atoms with Crippen LogP contribution in [-0.2, 0) is 21.9 Å². The van der Waals surface area contributed by atoms with E-state index >= 15 is 0 Å². The molecular formula is C29H32FeN4O. The molecule has 35 heavy (non-hydrogen) atoms. The smallest absolute Gasteiger partial charge is 0.250 e. The van der Waals surface area contributed by atoms with Crippen LogP contribution < -0.4 is 0 Å². The Bertz CT molecular complexity index is 1130. The van der Waals surface area contributed by atoms with Gasteiger partial charge in [0.15, 0.2) is 6.04 Å². The Labute approximate surface area is 218 Å². The average molecular weight is 508 g/mol. The van der Waals surface area contributed by atoms with Gasteiger partial charge in [-0.2, -0.15) is 0 Å². The van der Waals surface area contributed by atoms with Crippen LogP contribution >= 0.6 is 0 Å². The van der Waals surface area contributed by atoms with Crippen LogP contribution in [0.4, 0.5) is 0 Å². The van der Waals surface area contributed by atoms with E-state index in [1.807, 2.05) is 24.4 Å². The summed E-state index contributed by atoms with van der Waals surface area (Å²) in [5, 5.41) is 8.65. The van der Waals surface area contributed by atoms with Crippen molar-refractivity contribution in [1.29, 1.82) is 0 Å². The third kappa shape index (κ3) is 5.83. The van der Waals surface area contributed by atoms with Crippen molar-refractivity contribution in [3.8, 4) is 0 Å². The number of aromatic nitrogens is 3. The van der Waals surface area contributed by atoms with Gasteiger partial charge in [0.25, 0.3) is 5.91 Å². The SMILES string of the molecule is C1=CCC=C1.O=C1C(n2cc(C3=CCC=C3)nn2)[C@@H](/C=C/c2ccccc2)N1C1CCCCC1.[Fe]. The Morgan fingerprint density at radius 1 is 0.943 bits per heavy atom. The van der Waals surface area contributed by atoms with Gasteiger partial charge in [0.2, 0.25) is 0 Å². The van der Waals surface area contributed by atoms with Gasteiger partial charge < -0.3 is 4.90 Å². The molecule has 0 N–H and O–H groups in total. The molecule has 1 aromatic carbocycles. The monoisotopic (exact) mass is 508 g/mol. The molecule has 182 valence electrons. The summed E-state index contributed by atoms with van der Waals surface area (Å²) in [7, 11) is 0. The van der Waals surface area contributed by atoms with Crippen LogP contribution in [0, 0.1) is 0 Å². The Kier molecular flexibility index (Phi) is 8.73. The van der Waals surface area contributed by atoms with Gasteiger partial charge in [-0.15, -0.1) is 5.10 Å². The first kappa shape index (κ1) is 25.2. The Morgan fingerprint density at radius 3 is 2.37 bits per heavy atom. The van der Waals surface area contributed by atoms with E-state index in [2.05, 4.69) is 82.0 Å². The van der Waals surface area contributed by atoms with E-state index < -0.39 is 0 Å². The van der Waals surface area contributed by atoms with Crippen LogP contribution in [-0.4, -0.2) is 37.9 Å². The minimum Gasteiger partial charge on any atom is -0.329 e. The number of rotatable bonds is 5. The van der Waals surface area contributed by atoms with E-state index in [4.69, 9.17) is 0 Å². The van der Waals surface area contributed by atoms with Gasteiger partial charge in [-0.25, -0.2) is 4.68 Å².